The normalized spacial score (nSPS) is 29.5. The predicted octanol–water partition coefficient (Wildman–Crippen LogP) is 6.43. The Morgan fingerprint density at radius 1 is 0.821 bits per heavy atom. The molecule has 2 fully saturated rings. The molecular formula is C31H35F2O5S-. The van der Waals surface area contributed by atoms with Crippen LogP contribution in [0.3, 0.4) is 0 Å². The van der Waals surface area contributed by atoms with Gasteiger partial charge in [0.05, 0.1) is 5.92 Å². The van der Waals surface area contributed by atoms with Crippen molar-refractivity contribution in [2.45, 2.75) is 86.7 Å². The molecule has 2 aromatic rings. The number of benzene rings is 2. The summed E-state index contributed by atoms with van der Waals surface area (Å²) in [6.45, 7) is -1.76. The molecule has 0 heterocycles. The van der Waals surface area contributed by atoms with E-state index in [1.807, 2.05) is 12.1 Å². The van der Waals surface area contributed by atoms with Crippen molar-refractivity contribution >= 4 is 16.1 Å². The van der Waals surface area contributed by atoms with E-state index < -0.39 is 44.7 Å². The summed E-state index contributed by atoms with van der Waals surface area (Å²) < 4.78 is 67.0. The average molecular weight is 558 g/mol. The van der Waals surface area contributed by atoms with Gasteiger partial charge in [0.25, 0.3) is 0 Å². The van der Waals surface area contributed by atoms with Crippen molar-refractivity contribution in [1.82, 2.24) is 0 Å². The highest BCUT2D eigenvalue weighted by atomic mass is 32.2. The Morgan fingerprint density at radius 2 is 1.28 bits per heavy atom. The lowest BCUT2D eigenvalue weighted by Crippen LogP contribution is -2.62. The van der Waals surface area contributed by atoms with Crippen LogP contribution in [0.1, 0.15) is 92.9 Å². The number of ether oxygens (including phenoxy) is 1. The summed E-state index contributed by atoms with van der Waals surface area (Å²) in [6.07, 6.45) is 10.9. The van der Waals surface area contributed by atoms with Gasteiger partial charge in [-0.25, -0.2) is 8.42 Å². The Labute approximate surface area is 229 Å². The molecule has 2 aromatic carbocycles. The van der Waals surface area contributed by atoms with Crippen LogP contribution in [0.25, 0.3) is 0 Å². The van der Waals surface area contributed by atoms with Crippen molar-refractivity contribution in [2.24, 2.45) is 17.8 Å². The Kier molecular flexibility index (Phi) is 6.65. The molecular weight excluding hydrogens is 522 g/mol. The molecule has 0 spiro atoms. The van der Waals surface area contributed by atoms with Gasteiger partial charge in [0.1, 0.15) is 0 Å². The topological polar surface area (TPSA) is 83.5 Å². The molecule has 0 aliphatic heterocycles. The summed E-state index contributed by atoms with van der Waals surface area (Å²) in [5, 5.41) is -4.68. The third-order valence-corrected chi connectivity index (χ3v) is 11.2. The number of fused-ring (bicyclic) bond motifs is 1. The second kappa shape index (κ2) is 9.65. The summed E-state index contributed by atoms with van der Waals surface area (Å²) in [4.78, 5) is 14.0. The van der Waals surface area contributed by atoms with Crippen LogP contribution in [0.4, 0.5) is 8.78 Å². The third-order valence-electron chi connectivity index (χ3n) is 10.4. The van der Waals surface area contributed by atoms with Crippen molar-refractivity contribution in [1.29, 1.82) is 0 Å². The average Bonchev–Trinajstić information content (AvgIpc) is 2.96. The van der Waals surface area contributed by atoms with E-state index in [2.05, 4.69) is 36.4 Å². The first-order valence-electron chi connectivity index (χ1n) is 14.3. The molecule has 1 unspecified atom stereocenters. The molecule has 2 bridgehead atoms. The van der Waals surface area contributed by atoms with Gasteiger partial charge in [-0.05, 0) is 66.2 Å². The van der Waals surface area contributed by atoms with Gasteiger partial charge in [-0.15, -0.1) is 0 Å². The second-order valence-electron chi connectivity index (χ2n) is 12.1. The van der Waals surface area contributed by atoms with E-state index >= 15 is 0 Å². The number of halogens is 2. The Hall–Kier alpha value is -2.32. The molecule has 0 radical (unpaired) electrons. The molecule has 39 heavy (non-hydrogen) atoms. The van der Waals surface area contributed by atoms with E-state index in [0.29, 0.717) is 6.42 Å². The summed E-state index contributed by atoms with van der Waals surface area (Å²) >= 11 is 0. The van der Waals surface area contributed by atoms with E-state index in [1.54, 1.807) is 0 Å². The zero-order valence-corrected chi connectivity index (χ0v) is 22.9. The van der Waals surface area contributed by atoms with Crippen LogP contribution in [0.15, 0.2) is 48.5 Å². The van der Waals surface area contributed by atoms with Gasteiger partial charge in [-0.1, -0.05) is 87.1 Å². The lowest BCUT2D eigenvalue weighted by Gasteiger charge is -2.63. The highest BCUT2D eigenvalue weighted by Gasteiger charge is 2.66. The van der Waals surface area contributed by atoms with Crippen LogP contribution in [-0.2, 0) is 30.5 Å². The highest BCUT2D eigenvalue weighted by Crippen LogP contribution is 2.69. The first kappa shape index (κ1) is 26.9. The fourth-order valence-corrected chi connectivity index (χ4v) is 9.12. The minimum Gasteiger partial charge on any atom is -0.743 e. The van der Waals surface area contributed by atoms with Crippen molar-refractivity contribution in [3.63, 3.8) is 0 Å². The van der Waals surface area contributed by atoms with Crippen LogP contribution in [0, 0.1) is 17.8 Å². The number of rotatable bonds is 6. The zero-order chi connectivity index (χ0) is 27.5. The van der Waals surface area contributed by atoms with E-state index in [9.17, 15) is 26.5 Å². The fourth-order valence-electron chi connectivity index (χ4n) is 8.92. The Bertz CT molecular complexity index is 1310. The molecule has 7 rings (SSSR count). The second-order valence-corrected chi connectivity index (χ2v) is 13.6. The zero-order valence-electron chi connectivity index (χ0n) is 22.0. The summed E-state index contributed by atoms with van der Waals surface area (Å²) in [5.74, 6) is -1.18. The minimum atomic E-state index is -5.96. The van der Waals surface area contributed by atoms with Crippen LogP contribution in [0.2, 0.25) is 0 Å². The standard InChI is InChI=1S/C31H36F2O5S/c32-30(33,39(35,36)37)20-38-28(34)27-19-29(21-11-3-1-4-12-21)23-15-7-9-17-25(23)31(27,22-13-5-2-6-14-22)26-18-10-8-16-24(26)29/h7-10,15-18,21-22,27H,1-6,11-14,19-20H2,(H,35,36,37)/p-1. The van der Waals surface area contributed by atoms with Gasteiger partial charge in [-0.2, -0.15) is 8.78 Å². The molecule has 5 aliphatic rings. The predicted molar refractivity (Wildman–Crippen MR) is 141 cm³/mol. The maximum absolute atomic E-state index is 14.2. The quantitative estimate of drug-likeness (QED) is 0.302. The number of hydrogen-bond donors (Lipinski definition) is 0. The molecule has 0 N–H and O–H groups in total. The molecule has 0 saturated heterocycles. The molecule has 5 nitrogen and oxygen atoms in total. The molecule has 2 saturated carbocycles. The number of carbonyl (C=O) groups excluding carboxylic acids is 1. The van der Waals surface area contributed by atoms with Crippen LogP contribution >= 0.6 is 0 Å². The van der Waals surface area contributed by atoms with E-state index in [4.69, 9.17) is 4.74 Å². The summed E-state index contributed by atoms with van der Waals surface area (Å²) in [6, 6.07) is 16.8. The van der Waals surface area contributed by atoms with Gasteiger partial charge in [0, 0.05) is 10.8 Å². The molecule has 0 aromatic heterocycles. The number of hydrogen-bond acceptors (Lipinski definition) is 5. The fraction of sp³-hybridized carbons (Fsp3) is 0.581. The summed E-state index contributed by atoms with van der Waals surface area (Å²) in [5.41, 5.74) is 3.47. The monoisotopic (exact) mass is 557 g/mol. The number of esters is 1. The van der Waals surface area contributed by atoms with Gasteiger partial charge in [0.2, 0.25) is 0 Å². The van der Waals surface area contributed by atoms with Crippen LogP contribution < -0.4 is 0 Å². The molecule has 8 heteroatoms. The molecule has 5 aliphatic carbocycles. The third kappa shape index (κ3) is 3.91. The van der Waals surface area contributed by atoms with Crippen molar-refractivity contribution in [2.75, 3.05) is 6.61 Å². The molecule has 210 valence electrons. The highest BCUT2D eigenvalue weighted by molar-refractivity contribution is 7.86. The van der Waals surface area contributed by atoms with E-state index in [0.717, 1.165) is 68.9 Å². The lowest BCUT2D eigenvalue weighted by molar-refractivity contribution is -0.160. The smallest absolute Gasteiger partial charge is 0.367 e. The Morgan fingerprint density at radius 3 is 1.77 bits per heavy atom. The van der Waals surface area contributed by atoms with E-state index in [1.165, 1.54) is 17.5 Å². The summed E-state index contributed by atoms with van der Waals surface area (Å²) in [7, 11) is -5.96. The largest absolute Gasteiger partial charge is 0.743 e. The van der Waals surface area contributed by atoms with Crippen LogP contribution in [0.5, 0.6) is 0 Å². The first-order chi connectivity index (χ1) is 18.6. The Balaban J connectivity index is 1.56. The van der Waals surface area contributed by atoms with Crippen molar-refractivity contribution in [3.05, 3.63) is 70.8 Å². The lowest BCUT2D eigenvalue weighted by atomic mass is 9.38. The van der Waals surface area contributed by atoms with E-state index in [-0.39, 0.29) is 11.8 Å². The van der Waals surface area contributed by atoms with Gasteiger partial charge < -0.3 is 9.29 Å². The minimum absolute atomic E-state index is 0.111. The van der Waals surface area contributed by atoms with Gasteiger partial charge in [0.15, 0.2) is 16.7 Å². The van der Waals surface area contributed by atoms with Crippen molar-refractivity contribution in [3.8, 4) is 0 Å². The van der Waals surface area contributed by atoms with Gasteiger partial charge >= 0.3 is 11.2 Å². The first-order valence-corrected chi connectivity index (χ1v) is 15.7. The maximum Gasteiger partial charge on any atom is 0.367 e. The van der Waals surface area contributed by atoms with Gasteiger partial charge in [-0.3, -0.25) is 4.79 Å². The number of alkyl halides is 2. The number of carbonyl (C=O) groups is 1. The maximum atomic E-state index is 14.2. The van der Waals surface area contributed by atoms with Crippen molar-refractivity contribution < 1.29 is 31.3 Å². The molecule has 0 amide bonds. The molecule has 1 atom stereocenters. The SMILES string of the molecule is O=C(OCC(F)(F)S(=O)(=O)[O-])C1CC2(C3CCCCC3)c3ccccc3C1(C1CCCCC1)c1ccccc12. The van der Waals surface area contributed by atoms with Crippen LogP contribution in [-0.4, -0.2) is 30.8 Å².